The summed E-state index contributed by atoms with van der Waals surface area (Å²) in [5, 5.41) is 10.2. The normalized spacial score (nSPS) is 14.7. The van der Waals surface area contributed by atoms with Crippen LogP contribution in [-0.2, 0) is 6.54 Å². The van der Waals surface area contributed by atoms with Crippen molar-refractivity contribution in [2.24, 2.45) is 0 Å². The summed E-state index contributed by atoms with van der Waals surface area (Å²) in [7, 11) is 0. The van der Waals surface area contributed by atoms with Gasteiger partial charge in [-0.15, -0.1) is 12.4 Å². The molecule has 1 aliphatic heterocycles. The lowest BCUT2D eigenvalue weighted by Crippen LogP contribution is -2.27. The minimum atomic E-state index is 0. The third-order valence-corrected chi connectivity index (χ3v) is 4.79. The first-order chi connectivity index (χ1) is 12.8. The number of hydrogen-bond acceptors (Lipinski definition) is 3. The quantitative estimate of drug-likeness (QED) is 0.597. The molecule has 0 saturated carbocycles. The summed E-state index contributed by atoms with van der Waals surface area (Å²) in [6, 6.07) is 18.1. The van der Waals surface area contributed by atoms with Crippen molar-refractivity contribution in [3.63, 3.8) is 0 Å². The van der Waals surface area contributed by atoms with Gasteiger partial charge < -0.3 is 4.42 Å². The number of nitriles is 1. The minimum Gasteiger partial charge on any atom is -0.464 e. The van der Waals surface area contributed by atoms with Crippen LogP contribution in [0.5, 0.6) is 0 Å². The van der Waals surface area contributed by atoms with Gasteiger partial charge in [-0.2, -0.15) is 5.26 Å². The molecule has 4 rings (SSSR count). The Morgan fingerprint density at radius 2 is 2.00 bits per heavy atom. The van der Waals surface area contributed by atoms with Crippen molar-refractivity contribution < 1.29 is 4.42 Å². The minimum absolute atomic E-state index is 0. The lowest BCUT2D eigenvalue weighted by Gasteiger charge is -2.25. The van der Waals surface area contributed by atoms with Gasteiger partial charge in [0.15, 0.2) is 0 Å². The molecule has 3 nitrogen and oxygen atoms in total. The molecule has 136 valence electrons. The molecule has 0 N–H and O–H groups in total. The Labute approximate surface area is 165 Å². The third kappa shape index (κ3) is 4.49. The van der Waals surface area contributed by atoms with Gasteiger partial charge in [-0.1, -0.05) is 48.6 Å². The fourth-order valence-electron chi connectivity index (χ4n) is 3.33. The zero-order chi connectivity index (χ0) is 17.8. The second-order valence-electron chi connectivity index (χ2n) is 6.59. The number of allylic oxidation sites excluding steroid dienone is 1. The molecule has 0 aliphatic carbocycles. The van der Waals surface area contributed by atoms with Crippen molar-refractivity contribution in [2.45, 2.75) is 13.0 Å². The summed E-state index contributed by atoms with van der Waals surface area (Å²) >= 11 is 0. The highest BCUT2D eigenvalue weighted by molar-refractivity contribution is 5.85. The molecule has 0 spiro atoms. The summed E-state index contributed by atoms with van der Waals surface area (Å²) in [6.07, 6.45) is 9.46. The van der Waals surface area contributed by atoms with Gasteiger partial charge in [-0.25, -0.2) is 0 Å². The van der Waals surface area contributed by atoms with Crippen LogP contribution in [-0.4, -0.2) is 18.0 Å². The lowest BCUT2D eigenvalue weighted by atomic mass is 10.0. The van der Waals surface area contributed by atoms with Gasteiger partial charge in [0.05, 0.1) is 17.9 Å². The van der Waals surface area contributed by atoms with Crippen LogP contribution >= 0.6 is 12.4 Å². The fourth-order valence-corrected chi connectivity index (χ4v) is 3.33. The number of rotatable bonds is 4. The SMILES string of the molecule is Cl.N#Cc1cccc(C=CC2=CCN(Cc3coc4ccccc34)CC2)c1. The zero-order valence-corrected chi connectivity index (χ0v) is 15.8. The summed E-state index contributed by atoms with van der Waals surface area (Å²) in [5.41, 5.74) is 5.32. The molecule has 0 atom stereocenters. The molecule has 0 amide bonds. The van der Waals surface area contributed by atoms with Gasteiger partial charge in [0.2, 0.25) is 0 Å². The maximum atomic E-state index is 8.98. The van der Waals surface area contributed by atoms with E-state index in [0.29, 0.717) is 5.56 Å². The lowest BCUT2D eigenvalue weighted by molar-refractivity contribution is 0.287. The molecular formula is C23H21ClN2O. The number of hydrogen-bond donors (Lipinski definition) is 0. The zero-order valence-electron chi connectivity index (χ0n) is 15.0. The highest BCUT2D eigenvalue weighted by Crippen LogP contribution is 2.23. The van der Waals surface area contributed by atoms with Crippen LogP contribution in [0.3, 0.4) is 0 Å². The Balaban J connectivity index is 0.00000210. The van der Waals surface area contributed by atoms with Crippen LogP contribution < -0.4 is 0 Å². The van der Waals surface area contributed by atoms with Crippen molar-refractivity contribution in [2.75, 3.05) is 13.1 Å². The van der Waals surface area contributed by atoms with Crippen LogP contribution in [0.1, 0.15) is 23.1 Å². The second kappa shape index (κ2) is 8.73. The van der Waals surface area contributed by atoms with E-state index < -0.39 is 0 Å². The first-order valence-corrected chi connectivity index (χ1v) is 8.86. The summed E-state index contributed by atoms with van der Waals surface area (Å²) in [4.78, 5) is 2.44. The van der Waals surface area contributed by atoms with Crippen LogP contribution in [0.2, 0.25) is 0 Å². The van der Waals surface area contributed by atoms with Crippen molar-refractivity contribution in [1.29, 1.82) is 5.26 Å². The van der Waals surface area contributed by atoms with E-state index in [1.54, 1.807) is 0 Å². The van der Waals surface area contributed by atoms with Gasteiger partial charge in [0.1, 0.15) is 5.58 Å². The van der Waals surface area contributed by atoms with Crippen molar-refractivity contribution in [3.05, 3.63) is 89.2 Å². The van der Waals surface area contributed by atoms with E-state index in [2.05, 4.69) is 41.3 Å². The number of fused-ring (bicyclic) bond motifs is 1. The topological polar surface area (TPSA) is 40.2 Å². The molecule has 27 heavy (non-hydrogen) atoms. The maximum Gasteiger partial charge on any atom is 0.134 e. The number of nitrogens with zero attached hydrogens (tertiary/aromatic N) is 2. The predicted octanol–water partition coefficient (Wildman–Crippen LogP) is 5.57. The Kier molecular flexibility index (Phi) is 6.13. The molecule has 4 heteroatoms. The van der Waals surface area contributed by atoms with E-state index in [-0.39, 0.29) is 12.4 Å². The molecule has 0 radical (unpaired) electrons. The van der Waals surface area contributed by atoms with Gasteiger partial charge >= 0.3 is 0 Å². The highest BCUT2D eigenvalue weighted by Gasteiger charge is 2.13. The van der Waals surface area contributed by atoms with Crippen LogP contribution in [0, 0.1) is 11.3 Å². The van der Waals surface area contributed by atoms with E-state index >= 15 is 0 Å². The number of para-hydroxylation sites is 1. The van der Waals surface area contributed by atoms with Crippen LogP contribution in [0.15, 0.2) is 76.9 Å². The molecule has 3 aromatic rings. The molecule has 1 aliphatic rings. The third-order valence-electron chi connectivity index (χ3n) is 4.79. The van der Waals surface area contributed by atoms with Crippen LogP contribution in [0.4, 0.5) is 0 Å². The van der Waals surface area contributed by atoms with Gasteiger partial charge in [-0.05, 0) is 35.8 Å². The van der Waals surface area contributed by atoms with Crippen molar-refractivity contribution in [3.8, 4) is 6.07 Å². The molecule has 0 saturated heterocycles. The van der Waals surface area contributed by atoms with E-state index in [0.717, 1.165) is 37.2 Å². The smallest absolute Gasteiger partial charge is 0.134 e. The largest absolute Gasteiger partial charge is 0.464 e. The molecular weight excluding hydrogens is 356 g/mol. The van der Waals surface area contributed by atoms with Gasteiger partial charge in [0, 0.05) is 30.6 Å². The van der Waals surface area contributed by atoms with Crippen molar-refractivity contribution in [1.82, 2.24) is 4.90 Å². The maximum absolute atomic E-state index is 8.98. The molecule has 1 aromatic heterocycles. The van der Waals surface area contributed by atoms with Crippen LogP contribution in [0.25, 0.3) is 17.0 Å². The Hall–Kier alpha value is -2.80. The number of furan rings is 1. The summed E-state index contributed by atoms with van der Waals surface area (Å²) in [6.45, 7) is 2.89. The fraction of sp³-hybridized carbons (Fsp3) is 0.174. The van der Waals surface area contributed by atoms with Crippen molar-refractivity contribution >= 4 is 29.5 Å². The molecule has 0 unspecified atom stereocenters. The van der Waals surface area contributed by atoms with E-state index in [9.17, 15) is 0 Å². The summed E-state index contributed by atoms with van der Waals surface area (Å²) < 4.78 is 5.64. The molecule has 2 heterocycles. The standard InChI is InChI=1S/C23H20N2O.ClH/c24-15-20-5-3-4-19(14-20)9-8-18-10-12-25(13-11-18)16-21-17-26-23-7-2-1-6-22(21)23;/h1-10,14,17H,11-13,16H2;1H. The first-order valence-electron chi connectivity index (χ1n) is 8.86. The Morgan fingerprint density at radius 3 is 2.81 bits per heavy atom. The van der Waals surface area contributed by atoms with Gasteiger partial charge in [0.25, 0.3) is 0 Å². The van der Waals surface area contributed by atoms with Gasteiger partial charge in [-0.3, -0.25) is 4.90 Å². The van der Waals surface area contributed by atoms with E-state index in [1.165, 1.54) is 16.5 Å². The average molecular weight is 377 g/mol. The first kappa shape index (κ1) is 19.0. The van der Waals surface area contributed by atoms with E-state index in [4.69, 9.17) is 9.68 Å². The van der Waals surface area contributed by atoms with E-state index in [1.807, 2.05) is 42.7 Å². The second-order valence-corrected chi connectivity index (χ2v) is 6.59. The monoisotopic (exact) mass is 376 g/mol. The Morgan fingerprint density at radius 1 is 1.11 bits per heavy atom. The number of halogens is 1. The molecule has 0 bridgehead atoms. The molecule has 2 aromatic carbocycles. The highest BCUT2D eigenvalue weighted by atomic mass is 35.5. The Bertz CT molecular complexity index is 1030. The summed E-state index contributed by atoms with van der Waals surface area (Å²) in [5.74, 6) is 0. The predicted molar refractivity (Wildman–Crippen MR) is 112 cm³/mol. The number of benzene rings is 2. The average Bonchev–Trinajstić information content (AvgIpc) is 3.11. The molecule has 0 fully saturated rings.